The van der Waals surface area contributed by atoms with E-state index in [0.717, 1.165) is 44.2 Å². The lowest BCUT2D eigenvalue weighted by Crippen LogP contribution is -2.00. The van der Waals surface area contributed by atoms with Crippen molar-refractivity contribution in [3.63, 3.8) is 0 Å². The molecule has 0 aliphatic carbocycles. The molecular weight excluding hydrogens is 639 g/mol. The van der Waals surface area contributed by atoms with Crippen LogP contribution < -0.4 is 0 Å². The molecule has 2 aromatic heterocycles. The molecule has 0 saturated carbocycles. The highest BCUT2D eigenvalue weighted by molar-refractivity contribution is 7.25. The van der Waals surface area contributed by atoms with E-state index < -0.39 is 0 Å². The SMILES string of the molecule is c1ccc(-c2cccc(-c3nc(-c4ccc5c(c4)sc4ccccc45)nc(-c4cccc5ccc(-c6ccc7ccccc7c6)cc45)n3)c2)cc1. The summed E-state index contributed by atoms with van der Waals surface area (Å²) in [6.45, 7) is 0. The van der Waals surface area contributed by atoms with Gasteiger partial charge in [-0.15, -0.1) is 11.3 Å². The molecule has 0 amide bonds. The lowest BCUT2D eigenvalue weighted by atomic mass is 9.96. The van der Waals surface area contributed by atoms with Crippen LogP contribution in [-0.4, -0.2) is 15.0 Å². The fourth-order valence-corrected chi connectivity index (χ4v) is 8.25. The third kappa shape index (κ3) is 5.34. The number of thiophene rings is 1. The first-order valence-corrected chi connectivity index (χ1v) is 17.9. The van der Waals surface area contributed by atoms with Gasteiger partial charge in [-0.1, -0.05) is 146 Å². The van der Waals surface area contributed by atoms with E-state index in [1.54, 1.807) is 11.3 Å². The van der Waals surface area contributed by atoms with Crippen molar-refractivity contribution in [1.82, 2.24) is 15.0 Å². The summed E-state index contributed by atoms with van der Waals surface area (Å²) >= 11 is 1.80. The molecule has 0 spiro atoms. The van der Waals surface area contributed by atoms with Crippen LogP contribution in [0, 0.1) is 0 Å². The minimum atomic E-state index is 0.645. The van der Waals surface area contributed by atoms with E-state index >= 15 is 0 Å². The van der Waals surface area contributed by atoms with Crippen LogP contribution in [0.3, 0.4) is 0 Å². The second-order valence-corrected chi connectivity index (χ2v) is 13.9. The van der Waals surface area contributed by atoms with E-state index in [1.807, 2.05) is 6.07 Å². The Morgan fingerprint density at radius 2 is 0.882 bits per heavy atom. The summed E-state index contributed by atoms with van der Waals surface area (Å²) in [5.74, 6) is 1.95. The molecule has 4 heteroatoms. The molecule has 0 saturated heterocycles. The molecule has 0 fully saturated rings. The number of hydrogen-bond donors (Lipinski definition) is 0. The molecule has 0 unspecified atom stereocenters. The maximum atomic E-state index is 5.22. The summed E-state index contributed by atoms with van der Waals surface area (Å²) in [5.41, 5.74) is 7.49. The van der Waals surface area contributed by atoms with Crippen LogP contribution >= 0.6 is 11.3 Å². The number of rotatable bonds is 5. The quantitative estimate of drug-likeness (QED) is 0.183. The van der Waals surface area contributed by atoms with Gasteiger partial charge in [0.2, 0.25) is 0 Å². The van der Waals surface area contributed by atoms with Gasteiger partial charge in [0.1, 0.15) is 0 Å². The van der Waals surface area contributed by atoms with Crippen LogP contribution in [0.1, 0.15) is 0 Å². The molecule has 8 aromatic carbocycles. The highest BCUT2D eigenvalue weighted by atomic mass is 32.1. The molecule has 2 heterocycles. The molecule has 238 valence electrons. The second kappa shape index (κ2) is 12.1. The zero-order valence-electron chi connectivity index (χ0n) is 27.5. The van der Waals surface area contributed by atoms with E-state index in [-0.39, 0.29) is 0 Å². The molecule has 10 aromatic rings. The van der Waals surface area contributed by atoms with Gasteiger partial charge in [-0.3, -0.25) is 0 Å². The van der Waals surface area contributed by atoms with Gasteiger partial charge in [0.15, 0.2) is 17.5 Å². The Balaban J connectivity index is 1.17. The summed E-state index contributed by atoms with van der Waals surface area (Å²) in [5, 5.41) is 7.22. The molecule has 3 nitrogen and oxygen atoms in total. The highest BCUT2D eigenvalue weighted by Gasteiger charge is 2.17. The molecule has 51 heavy (non-hydrogen) atoms. The molecule has 0 atom stereocenters. The van der Waals surface area contributed by atoms with E-state index in [2.05, 4.69) is 170 Å². The van der Waals surface area contributed by atoms with Gasteiger partial charge in [0.05, 0.1) is 0 Å². The van der Waals surface area contributed by atoms with Gasteiger partial charge in [0.25, 0.3) is 0 Å². The molecule has 10 rings (SSSR count). The van der Waals surface area contributed by atoms with Crippen molar-refractivity contribution in [2.45, 2.75) is 0 Å². The van der Waals surface area contributed by atoms with Crippen molar-refractivity contribution in [3.8, 4) is 56.4 Å². The van der Waals surface area contributed by atoms with Crippen LogP contribution in [-0.2, 0) is 0 Å². The van der Waals surface area contributed by atoms with Crippen LogP contribution in [0.15, 0.2) is 176 Å². The standard InChI is InChI=1S/C47H29N3S/c1-2-10-30(11-3-1)34-15-8-16-37(27-34)45-48-46(38-24-25-40-39-17-6-7-19-43(39)51-44(40)29-38)50-47(49-45)41-18-9-14-32-21-23-36(28-42(32)41)35-22-20-31-12-4-5-13-33(31)26-35/h1-29H. The van der Waals surface area contributed by atoms with Gasteiger partial charge in [-0.2, -0.15) is 0 Å². The zero-order chi connectivity index (χ0) is 33.7. The Hall–Kier alpha value is -6.49. The lowest BCUT2D eigenvalue weighted by Gasteiger charge is -2.12. The van der Waals surface area contributed by atoms with E-state index in [0.29, 0.717) is 17.5 Å². The van der Waals surface area contributed by atoms with Crippen molar-refractivity contribution in [3.05, 3.63) is 176 Å². The van der Waals surface area contributed by atoms with Crippen molar-refractivity contribution >= 4 is 53.1 Å². The van der Waals surface area contributed by atoms with Gasteiger partial charge >= 0.3 is 0 Å². The number of fused-ring (bicyclic) bond motifs is 5. The van der Waals surface area contributed by atoms with Crippen molar-refractivity contribution in [2.24, 2.45) is 0 Å². The Labute approximate surface area is 299 Å². The predicted octanol–water partition coefficient (Wildman–Crippen LogP) is 12.9. The normalized spacial score (nSPS) is 11.5. The summed E-state index contributed by atoms with van der Waals surface area (Å²) in [7, 11) is 0. The number of nitrogens with zero attached hydrogens (tertiary/aromatic N) is 3. The van der Waals surface area contributed by atoms with Crippen LogP contribution in [0.5, 0.6) is 0 Å². The first-order valence-electron chi connectivity index (χ1n) is 17.1. The smallest absolute Gasteiger partial charge is 0.164 e. The summed E-state index contributed by atoms with van der Waals surface area (Å²) in [6, 6.07) is 62.3. The molecule has 0 aliphatic rings. The number of benzene rings is 8. The topological polar surface area (TPSA) is 38.7 Å². The monoisotopic (exact) mass is 667 g/mol. The Morgan fingerprint density at radius 1 is 0.294 bits per heavy atom. The summed E-state index contributed by atoms with van der Waals surface area (Å²) < 4.78 is 2.49. The minimum absolute atomic E-state index is 0.645. The third-order valence-corrected chi connectivity index (χ3v) is 10.8. The average Bonchev–Trinajstić information content (AvgIpc) is 3.58. The fraction of sp³-hybridized carbons (Fsp3) is 0. The second-order valence-electron chi connectivity index (χ2n) is 12.9. The summed E-state index contributed by atoms with van der Waals surface area (Å²) in [4.78, 5) is 15.6. The number of hydrogen-bond acceptors (Lipinski definition) is 4. The zero-order valence-corrected chi connectivity index (χ0v) is 28.3. The van der Waals surface area contributed by atoms with Gasteiger partial charge in [-0.05, 0) is 74.1 Å². The van der Waals surface area contributed by atoms with Crippen molar-refractivity contribution in [2.75, 3.05) is 0 Å². The van der Waals surface area contributed by atoms with Crippen molar-refractivity contribution < 1.29 is 0 Å². The molecule has 0 bridgehead atoms. The van der Waals surface area contributed by atoms with Crippen LogP contribution in [0.2, 0.25) is 0 Å². The average molecular weight is 668 g/mol. The third-order valence-electron chi connectivity index (χ3n) is 9.71. The van der Waals surface area contributed by atoms with Gasteiger partial charge in [0, 0.05) is 36.9 Å². The van der Waals surface area contributed by atoms with E-state index in [4.69, 9.17) is 15.0 Å². The first-order chi connectivity index (χ1) is 25.2. The maximum Gasteiger partial charge on any atom is 0.164 e. The predicted molar refractivity (Wildman–Crippen MR) is 215 cm³/mol. The van der Waals surface area contributed by atoms with Crippen LogP contribution in [0.4, 0.5) is 0 Å². The Bertz CT molecular complexity index is 2930. The van der Waals surface area contributed by atoms with E-state index in [1.165, 1.54) is 36.5 Å². The summed E-state index contributed by atoms with van der Waals surface area (Å²) in [6.07, 6.45) is 0. The minimum Gasteiger partial charge on any atom is -0.208 e. The molecule has 0 aliphatic heterocycles. The molecule has 0 N–H and O–H groups in total. The Kier molecular flexibility index (Phi) is 7.00. The van der Waals surface area contributed by atoms with E-state index in [9.17, 15) is 0 Å². The highest BCUT2D eigenvalue weighted by Crippen LogP contribution is 2.38. The van der Waals surface area contributed by atoms with Gasteiger partial charge < -0.3 is 0 Å². The maximum absolute atomic E-state index is 5.22. The molecule has 0 radical (unpaired) electrons. The fourth-order valence-electron chi connectivity index (χ4n) is 7.10. The lowest BCUT2D eigenvalue weighted by molar-refractivity contribution is 1.08. The first kappa shape index (κ1) is 29.4. The Morgan fingerprint density at radius 3 is 1.76 bits per heavy atom. The molecular formula is C47H29N3S. The van der Waals surface area contributed by atoms with Gasteiger partial charge in [-0.25, -0.2) is 15.0 Å². The largest absolute Gasteiger partial charge is 0.208 e. The number of aromatic nitrogens is 3. The van der Waals surface area contributed by atoms with Crippen LogP contribution in [0.25, 0.3) is 98.1 Å². The van der Waals surface area contributed by atoms with Crippen molar-refractivity contribution in [1.29, 1.82) is 0 Å².